The Morgan fingerprint density at radius 2 is 2.16 bits per heavy atom. The lowest BCUT2D eigenvalue weighted by Crippen LogP contribution is -2.32. The molecule has 5 nitrogen and oxygen atoms in total. The molecule has 1 saturated heterocycles. The van der Waals surface area contributed by atoms with Crippen molar-refractivity contribution < 1.29 is 9.90 Å². The highest BCUT2D eigenvalue weighted by molar-refractivity contribution is 5.89. The average molecular weight is 257 g/mol. The van der Waals surface area contributed by atoms with Gasteiger partial charge in [0.2, 0.25) is 0 Å². The van der Waals surface area contributed by atoms with E-state index in [1.54, 1.807) is 6.92 Å². The van der Waals surface area contributed by atoms with Gasteiger partial charge >= 0.3 is 5.97 Å². The Morgan fingerprint density at radius 3 is 2.89 bits per heavy atom. The Labute approximate surface area is 110 Å². The number of hydrogen-bond acceptors (Lipinski definition) is 4. The van der Waals surface area contributed by atoms with E-state index in [0.29, 0.717) is 19.5 Å². The topological polar surface area (TPSA) is 66.3 Å². The maximum atomic E-state index is 11.3. The van der Waals surface area contributed by atoms with Crippen molar-refractivity contribution in [2.24, 2.45) is 5.41 Å². The zero-order valence-corrected chi connectivity index (χ0v) is 10.7. The third kappa shape index (κ3) is 1.91. The SMILES string of the molecule is CC1(C(=O)O)CCN(c2ncnc3ccccc23)C1. The second kappa shape index (κ2) is 4.19. The number of carboxylic acids is 1. The molecule has 1 aromatic heterocycles. The Balaban J connectivity index is 2.01. The first-order valence-electron chi connectivity index (χ1n) is 6.28. The van der Waals surface area contributed by atoms with Crippen LogP contribution < -0.4 is 4.90 Å². The second-order valence-electron chi connectivity index (χ2n) is 5.25. The van der Waals surface area contributed by atoms with Crippen LogP contribution in [0.1, 0.15) is 13.3 Å². The van der Waals surface area contributed by atoms with Gasteiger partial charge in [-0.2, -0.15) is 0 Å². The molecular weight excluding hydrogens is 242 g/mol. The Kier molecular flexibility index (Phi) is 2.62. The molecule has 98 valence electrons. The quantitative estimate of drug-likeness (QED) is 0.890. The number of hydrogen-bond donors (Lipinski definition) is 1. The minimum absolute atomic E-state index is 0.489. The monoisotopic (exact) mass is 257 g/mol. The van der Waals surface area contributed by atoms with Crippen LogP contribution in [0, 0.1) is 5.41 Å². The molecule has 2 aromatic rings. The van der Waals surface area contributed by atoms with E-state index in [0.717, 1.165) is 16.7 Å². The van der Waals surface area contributed by atoms with Gasteiger partial charge in [0, 0.05) is 18.5 Å². The van der Waals surface area contributed by atoms with Crippen molar-refractivity contribution in [2.45, 2.75) is 13.3 Å². The van der Waals surface area contributed by atoms with E-state index in [1.807, 2.05) is 29.2 Å². The fraction of sp³-hybridized carbons (Fsp3) is 0.357. The van der Waals surface area contributed by atoms with Crippen LogP contribution in [0.25, 0.3) is 10.9 Å². The number of aromatic nitrogens is 2. The number of para-hydroxylation sites is 1. The van der Waals surface area contributed by atoms with Gasteiger partial charge in [0.05, 0.1) is 10.9 Å². The summed E-state index contributed by atoms with van der Waals surface area (Å²) in [7, 11) is 0. The van der Waals surface area contributed by atoms with E-state index in [1.165, 1.54) is 6.33 Å². The van der Waals surface area contributed by atoms with Crippen molar-refractivity contribution in [3.63, 3.8) is 0 Å². The van der Waals surface area contributed by atoms with Crippen molar-refractivity contribution in [2.75, 3.05) is 18.0 Å². The van der Waals surface area contributed by atoms with Gasteiger partial charge in [-0.15, -0.1) is 0 Å². The molecule has 0 radical (unpaired) electrons. The lowest BCUT2D eigenvalue weighted by molar-refractivity contribution is -0.146. The van der Waals surface area contributed by atoms with Gasteiger partial charge in [0.15, 0.2) is 0 Å². The van der Waals surface area contributed by atoms with Crippen LogP contribution in [-0.4, -0.2) is 34.1 Å². The Bertz CT molecular complexity index is 638. The van der Waals surface area contributed by atoms with Crippen molar-refractivity contribution in [1.29, 1.82) is 0 Å². The van der Waals surface area contributed by atoms with Crippen molar-refractivity contribution in [3.8, 4) is 0 Å². The fourth-order valence-electron chi connectivity index (χ4n) is 2.56. The number of aliphatic carboxylic acids is 1. The molecule has 0 bridgehead atoms. The molecule has 0 spiro atoms. The predicted molar refractivity (Wildman–Crippen MR) is 72.1 cm³/mol. The van der Waals surface area contributed by atoms with Gasteiger partial charge in [0.1, 0.15) is 12.1 Å². The molecular formula is C14H15N3O2. The lowest BCUT2D eigenvalue weighted by Gasteiger charge is -2.21. The second-order valence-corrected chi connectivity index (χ2v) is 5.25. The Morgan fingerprint density at radius 1 is 1.37 bits per heavy atom. The molecule has 5 heteroatoms. The first-order chi connectivity index (χ1) is 9.10. The molecule has 19 heavy (non-hydrogen) atoms. The largest absolute Gasteiger partial charge is 0.481 e. The Hall–Kier alpha value is -2.17. The third-order valence-electron chi connectivity index (χ3n) is 3.81. The van der Waals surface area contributed by atoms with Gasteiger partial charge in [0.25, 0.3) is 0 Å². The summed E-state index contributed by atoms with van der Waals surface area (Å²) in [6.07, 6.45) is 2.18. The summed E-state index contributed by atoms with van der Waals surface area (Å²) in [4.78, 5) is 21.9. The number of carboxylic acid groups (broad SMARTS) is 1. The van der Waals surface area contributed by atoms with Gasteiger partial charge in [-0.05, 0) is 25.5 Å². The summed E-state index contributed by atoms with van der Waals surface area (Å²) < 4.78 is 0. The van der Waals surface area contributed by atoms with E-state index >= 15 is 0 Å². The molecule has 1 atom stereocenters. The maximum absolute atomic E-state index is 11.3. The highest BCUT2D eigenvalue weighted by Crippen LogP contribution is 2.34. The van der Waals surface area contributed by atoms with Crippen molar-refractivity contribution >= 4 is 22.7 Å². The smallest absolute Gasteiger partial charge is 0.311 e. The van der Waals surface area contributed by atoms with Crippen LogP contribution in [0.4, 0.5) is 5.82 Å². The first-order valence-corrected chi connectivity index (χ1v) is 6.28. The van der Waals surface area contributed by atoms with Crippen molar-refractivity contribution in [3.05, 3.63) is 30.6 Å². The van der Waals surface area contributed by atoms with Crippen LogP contribution in [0.2, 0.25) is 0 Å². The third-order valence-corrected chi connectivity index (χ3v) is 3.81. The molecule has 0 saturated carbocycles. The number of fused-ring (bicyclic) bond motifs is 1. The zero-order chi connectivity index (χ0) is 13.5. The summed E-state index contributed by atoms with van der Waals surface area (Å²) in [5.41, 5.74) is 0.197. The summed E-state index contributed by atoms with van der Waals surface area (Å²) in [6, 6.07) is 7.79. The predicted octanol–water partition coefficient (Wildman–Crippen LogP) is 1.93. The molecule has 2 heterocycles. The van der Waals surface area contributed by atoms with E-state index in [4.69, 9.17) is 0 Å². The van der Waals surface area contributed by atoms with Gasteiger partial charge < -0.3 is 10.0 Å². The standard InChI is InChI=1S/C14H15N3O2/c1-14(13(18)19)6-7-17(8-14)12-10-4-2-3-5-11(10)15-9-16-12/h2-5,9H,6-8H2,1H3,(H,18,19). The van der Waals surface area contributed by atoms with E-state index in [9.17, 15) is 9.90 Å². The molecule has 1 aliphatic heterocycles. The highest BCUT2D eigenvalue weighted by Gasteiger charge is 2.41. The lowest BCUT2D eigenvalue weighted by atomic mass is 9.90. The number of carbonyl (C=O) groups is 1. The summed E-state index contributed by atoms with van der Waals surface area (Å²) in [5, 5.41) is 10.3. The first kappa shape index (κ1) is 11.9. The van der Waals surface area contributed by atoms with Gasteiger partial charge in [-0.25, -0.2) is 9.97 Å². The number of benzene rings is 1. The molecule has 1 fully saturated rings. The van der Waals surface area contributed by atoms with Crippen LogP contribution in [0.5, 0.6) is 0 Å². The molecule has 1 aliphatic rings. The molecule has 0 amide bonds. The maximum Gasteiger partial charge on any atom is 0.311 e. The van der Waals surface area contributed by atoms with E-state index in [2.05, 4.69) is 9.97 Å². The fourth-order valence-corrected chi connectivity index (χ4v) is 2.56. The summed E-state index contributed by atoms with van der Waals surface area (Å²) >= 11 is 0. The van der Waals surface area contributed by atoms with Crippen LogP contribution in [-0.2, 0) is 4.79 Å². The van der Waals surface area contributed by atoms with E-state index in [-0.39, 0.29) is 0 Å². The molecule has 0 aliphatic carbocycles. The molecule has 1 unspecified atom stereocenters. The van der Waals surface area contributed by atoms with Crippen molar-refractivity contribution in [1.82, 2.24) is 9.97 Å². The van der Waals surface area contributed by atoms with Crippen LogP contribution in [0.15, 0.2) is 30.6 Å². The minimum Gasteiger partial charge on any atom is -0.481 e. The van der Waals surface area contributed by atoms with Crippen LogP contribution in [0.3, 0.4) is 0 Å². The zero-order valence-electron chi connectivity index (χ0n) is 10.7. The minimum atomic E-state index is -0.742. The van der Waals surface area contributed by atoms with Gasteiger partial charge in [-0.1, -0.05) is 12.1 Å². The van der Waals surface area contributed by atoms with Crippen LogP contribution >= 0.6 is 0 Å². The van der Waals surface area contributed by atoms with E-state index < -0.39 is 11.4 Å². The molecule has 1 N–H and O–H groups in total. The highest BCUT2D eigenvalue weighted by atomic mass is 16.4. The number of nitrogens with zero attached hydrogens (tertiary/aromatic N) is 3. The summed E-state index contributed by atoms with van der Waals surface area (Å²) in [6.45, 7) is 2.99. The van der Waals surface area contributed by atoms with Gasteiger partial charge in [-0.3, -0.25) is 4.79 Å². The number of anilines is 1. The number of rotatable bonds is 2. The normalized spacial score (nSPS) is 22.9. The summed E-state index contributed by atoms with van der Waals surface area (Å²) in [5.74, 6) is 0.0870. The average Bonchev–Trinajstić information content (AvgIpc) is 2.82. The molecule has 1 aromatic carbocycles. The molecule has 3 rings (SSSR count).